The molecule has 0 bridgehead atoms. The third kappa shape index (κ3) is 2.74. The fraction of sp³-hybridized carbons (Fsp3) is 0.600. The number of rotatable bonds is 3. The Morgan fingerprint density at radius 2 is 1.72 bits per heavy atom. The van der Waals surface area contributed by atoms with Gasteiger partial charge in [0.15, 0.2) is 0 Å². The Morgan fingerprint density at radius 1 is 1.17 bits per heavy atom. The third-order valence-corrected chi connectivity index (χ3v) is 4.24. The molecule has 3 heteroatoms. The van der Waals surface area contributed by atoms with Crippen molar-refractivity contribution >= 4 is 0 Å². The molecule has 1 heterocycles. The second-order valence-corrected chi connectivity index (χ2v) is 5.48. The van der Waals surface area contributed by atoms with E-state index in [2.05, 4.69) is 61.0 Å². The normalized spacial score (nSPS) is 28.2. The molecule has 18 heavy (non-hydrogen) atoms. The predicted molar refractivity (Wildman–Crippen MR) is 76.5 cm³/mol. The van der Waals surface area contributed by atoms with E-state index in [4.69, 9.17) is 5.73 Å². The van der Waals surface area contributed by atoms with E-state index in [9.17, 15) is 0 Å². The Hall–Kier alpha value is -0.900. The molecule has 3 atom stereocenters. The van der Waals surface area contributed by atoms with Crippen molar-refractivity contribution in [3.8, 4) is 0 Å². The Bertz CT molecular complexity index is 353. The van der Waals surface area contributed by atoms with E-state index >= 15 is 0 Å². The molecule has 1 aliphatic rings. The van der Waals surface area contributed by atoms with Gasteiger partial charge in [0, 0.05) is 37.8 Å². The van der Waals surface area contributed by atoms with Crippen molar-refractivity contribution in [1.82, 2.24) is 9.80 Å². The molecule has 2 rings (SSSR count). The lowest BCUT2D eigenvalue weighted by Crippen LogP contribution is -2.56. The molecule has 1 saturated heterocycles. The second-order valence-electron chi connectivity index (χ2n) is 5.48. The van der Waals surface area contributed by atoms with Crippen LogP contribution in [0.25, 0.3) is 0 Å². The van der Waals surface area contributed by atoms with Gasteiger partial charge in [-0.05, 0) is 26.5 Å². The molecule has 1 aliphatic heterocycles. The average molecular weight is 247 g/mol. The fourth-order valence-corrected chi connectivity index (χ4v) is 2.87. The molecule has 1 aromatic rings. The first-order valence-electron chi connectivity index (χ1n) is 6.84. The summed E-state index contributed by atoms with van der Waals surface area (Å²) in [5, 5.41) is 0. The van der Waals surface area contributed by atoms with Gasteiger partial charge in [0.25, 0.3) is 0 Å². The summed E-state index contributed by atoms with van der Waals surface area (Å²) in [5.41, 5.74) is 7.34. The first kappa shape index (κ1) is 13.5. The van der Waals surface area contributed by atoms with Gasteiger partial charge in [-0.15, -0.1) is 0 Å². The summed E-state index contributed by atoms with van der Waals surface area (Å²) in [4.78, 5) is 4.99. The minimum absolute atomic E-state index is 0.352. The molecular formula is C15H25N3. The smallest absolute Gasteiger partial charge is 0.0471 e. The summed E-state index contributed by atoms with van der Waals surface area (Å²) in [7, 11) is 2.21. The van der Waals surface area contributed by atoms with E-state index in [1.807, 2.05) is 0 Å². The van der Waals surface area contributed by atoms with Gasteiger partial charge in [0.05, 0.1) is 0 Å². The largest absolute Gasteiger partial charge is 0.329 e. The molecule has 0 aromatic heterocycles. The van der Waals surface area contributed by atoms with Crippen LogP contribution in [-0.4, -0.2) is 48.6 Å². The maximum Gasteiger partial charge on any atom is 0.0471 e. The van der Waals surface area contributed by atoms with Crippen LogP contribution in [0.15, 0.2) is 30.3 Å². The number of hydrogen-bond acceptors (Lipinski definition) is 3. The van der Waals surface area contributed by atoms with E-state index in [1.165, 1.54) is 5.56 Å². The highest BCUT2D eigenvalue weighted by Crippen LogP contribution is 2.24. The molecule has 1 aromatic carbocycles. The number of benzene rings is 1. The quantitative estimate of drug-likeness (QED) is 0.882. The lowest BCUT2D eigenvalue weighted by Gasteiger charge is -2.45. The van der Waals surface area contributed by atoms with Gasteiger partial charge >= 0.3 is 0 Å². The lowest BCUT2D eigenvalue weighted by atomic mass is 10.0. The first-order chi connectivity index (χ1) is 8.63. The van der Waals surface area contributed by atoms with Crippen LogP contribution in [0.1, 0.15) is 25.5 Å². The van der Waals surface area contributed by atoms with Gasteiger partial charge in [-0.3, -0.25) is 9.80 Å². The molecule has 100 valence electrons. The zero-order valence-corrected chi connectivity index (χ0v) is 11.7. The Balaban J connectivity index is 2.14. The minimum atomic E-state index is 0.352. The molecule has 0 amide bonds. The fourth-order valence-electron chi connectivity index (χ4n) is 2.87. The highest BCUT2D eigenvalue weighted by molar-refractivity contribution is 5.19. The summed E-state index contributed by atoms with van der Waals surface area (Å²) >= 11 is 0. The summed E-state index contributed by atoms with van der Waals surface area (Å²) in [6.07, 6.45) is 0. The van der Waals surface area contributed by atoms with Crippen molar-refractivity contribution in [3.63, 3.8) is 0 Å². The Labute approximate surface area is 111 Å². The van der Waals surface area contributed by atoms with Crippen LogP contribution in [0.3, 0.4) is 0 Å². The molecule has 0 saturated carbocycles. The van der Waals surface area contributed by atoms with E-state index in [0.717, 1.165) is 13.1 Å². The van der Waals surface area contributed by atoms with Crippen molar-refractivity contribution in [2.75, 3.05) is 26.7 Å². The van der Waals surface area contributed by atoms with E-state index in [1.54, 1.807) is 0 Å². The third-order valence-electron chi connectivity index (χ3n) is 4.24. The van der Waals surface area contributed by atoms with E-state index in [-0.39, 0.29) is 0 Å². The Kier molecular flexibility index (Phi) is 4.38. The second kappa shape index (κ2) is 5.83. The number of nitrogens with zero attached hydrogens (tertiary/aromatic N) is 2. The van der Waals surface area contributed by atoms with Crippen molar-refractivity contribution in [2.45, 2.75) is 32.0 Å². The number of hydrogen-bond donors (Lipinski definition) is 1. The molecule has 3 unspecified atom stereocenters. The van der Waals surface area contributed by atoms with Crippen LogP contribution in [-0.2, 0) is 0 Å². The highest BCUT2D eigenvalue weighted by atomic mass is 15.3. The van der Waals surface area contributed by atoms with Gasteiger partial charge in [-0.25, -0.2) is 0 Å². The predicted octanol–water partition coefficient (Wildman–Crippen LogP) is 1.71. The highest BCUT2D eigenvalue weighted by Gasteiger charge is 2.30. The van der Waals surface area contributed by atoms with E-state index < -0.39 is 0 Å². The lowest BCUT2D eigenvalue weighted by molar-refractivity contribution is 0.0352. The van der Waals surface area contributed by atoms with Gasteiger partial charge in [0.2, 0.25) is 0 Å². The van der Waals surface area contributed by atoms with Crippen LogP contribution >= 0.6 is 0 Å². The summed E-state index contributed by atoms with van der Waals surface area (Å²) < 4.78 is 0. The van der Waals surface area contributed by atoms with Crippen LogP contribution in [0.5, 0.6) is 0 Å². The zero-order chi connectivity index (χ0) is 13.1. The molecular weight excluding hydrogens is 222 g/mol. The molecule has 3 nitrogen and oxygen atoms in total. The average Bonchev–Trinajstić information content (AvgIpc) is 2.38. The maximum atomic E-state index is 6.01. The maximum absolute atomic E-state index is 6.01. The van der Waals surface area contributed by atoms with Gasteiger partial charge < -0.3 is 5.73 Å². The SMILES string of the molecule is CC1CN(C(CN)c2ccccc2)CC(C)N1C. The molecule has 0 spiro atoms. The van der Waals surface area contributed by atoms with Crippen molar-refractivity contribution in [3.05, 3.63) is 35.9 Å². The zero-order valence-electron chi connectivity index (χ0n) is 11.7. The van der Waals surface area contributed by atoms with Crippen molar-refractivity contribution in [1.29, 1.82) is 0 Å². The first-order valence-corrected chi connectivity index (χ1v) is 6.84. The van der Waals surface area contributed by atoms with Gasteiger partial charge in [-0.1, -0.05) is 30.3 Å². The monoisotopic (exact) mass is 247 g/mol. The standard InChI is InChI=1S/C15H25N3/c1-12-10-18(11-13(2)17(12)3)15(9-16)14-7-5-4-6-8-14/h4-8,12-13,15H,9-11,16H2,1-3H3. The minimum Gasteiger partial charge on any atom is -0.329 e. The number of likely N-dealkylation sites (N-methyl/N-ethyl adjacent to an activating group) is 1. The van der Waals surface area contributed by atoms with Gasteiger partial charge in [-0.2, -0.15) is 0 Å². The van der Waals surface area contributed by atoms with Crippen LogP contribution in [0.2, 0.25) is 0 Å². The van der Waals surface area contributed by atoms with Crippen LogP contribution < -0.4 is 5.73 Å². The van der Waals surface area contributed by atoms with Crippen molar-refractivity contribution in [2.24, 2.45) is 5.73 Å². The summed E-state index contributed by atoms with van der Waals surface area (Å²) in [6, 6.07) is 12.2. The molecule has 1 fully saturated rings. The summed E-state index contributed by atoms with van der Waals surface area (Å²) in [6.45, 7) is 7.46. The van der Waals surface area contributed by atoms with Crippen molar-refractivity contribution < 1.29 is 0 Å². The van der Waals surface area contributed by atoms with Crippen LogP contribution in [0, 0.1) is 0 Å². The molecule has 0 radical (unpaired) electrons. The molecule has 2 N–H and O–H groups in total. The van der Waals surface area contributed by atoms with E-state index in [0.29, 0.717) is 24.7 Å². The van der Waals surface area contributed by atoms with Gasteiger partial charge in [0.1, 0.15) is 0 Å². The number of piperazine rings is 1. The molecule has 0 aliphatic carbocycles. The summed E-state index contributed by atoms with van der Waals surface area (Å²) in [5.74, 6) is 0. The van der Waals surface area contributed by atoms with Crippen LogP contribution in [0.4, 0.5) is 0 Å². The Morgan fingerprint density at radius 3 is 2.22 bits per heavy atom. The topological polar surface area (TPSA) is 32.5 Å². The number of nitrogens with two attached hydrogens (primary N) is 1.